The quantitative estimate of drug-likeness (QED) is 0.439. The van der Waals surface area contributed by atoms with Gasteiger partial charge in [0.2, 0.25) is 0 Å². The molecule has 0 heterocycles. The SMILES string of the molecule is C=CC(C#Cc1ccccc1)COC(C)=O. The molecule has 0 spiro atoms. The van der Waals surface area contributed by atoms with Crippen molar-refractivity contribution < 1.29 is 9.53 Å². The van der Waals surface area contributed by atoms with Crippen LogP contribution in [0.3, 0.4) is 0 Å². The van der Waals surface area contributed by atoms with Crippen LogP contribution < -0.4 is 0 Å². The zero-order chi connectivity index (χ0) is 11.8. The van der Waals surface area contributed by atoms with Gasteiger partial charge in [-0.1, -0.05) is 36.1 Å². The van der Waals surface area contributed by atoms with E-state index in [0.29, 0.717) is 0 Å². The highest BCUT2D eigenvalue weighted by Gasteiger charge is 2.01. The van der Waals surface area contributed by atoms with Crippen molar-refractivity contribution >= 4 is 5.97 Å². The van der Waals surface area contributed by atoms with Gasteiger partial charge in [-0.25, -0.2) is 0 Å². The molecule has 0 bridgehead atoms. The maximum Gasteiger partial charge on any atom is 0.302 e. The molecule has 1 rings (SSSR count). The maximum absolute atomic E-state index is 10.6. The van der Waals surface area contributed by atoms with Gasteiger partial charge in [-0.05, 0) is 12.1 Å². The van der Waals surface area contributed by atoms with E-state index < -0.39 is 0 Å². The zero-order valence-corrected chi connectivity index (χ0v) is 9.27. The molecule has 0 fully saturated rings. The van der Waals surface area contributed by atoms with Crippen LogP contribution in [0.2, 0.25) is 0 Å². The van der Waals surface area contributed by atoms with Crippen LogP contribution in [0.15, 0.2) is 43.0 Å². The molecular weight excluding hydrogens is 200 g/mol. The van der Waals surface area contributed by atoms with Crippen LogP contribution in [0.4, 0.5) is 0 Å². The minimum atomic E-state index is -0.298. The fourth-order valence-corrected chi connectivity index (χ4v) is 1.07. The van der Waals surface area contributed by atoms with E-state index in [0.717, 1.165) is 5.56 Å². The Labute approximate surface area is 95.9 Å². The van der Waals surface area contributed by atoms with Gasteiger partial charge in [0.15, 0.2) is 0 Å². The average Bonchev–Trinajstić information content (AvgIpc) is 2.30. The minimum Gasteiger partial charge on any atom is -0.464 e. The third kappa shape index (κ3) is 4.47. The highest BCUT2D eigenvalue weighted by atomic mass is 16.5. The Morgan fingerprint density at radius 3 is 2.75 bits per heavy atom. The summed E-state index contributed by atoms with van der Waals surface area (Å²) in [4.78, 5) is 10.6. The summed E-state index contributed by atoms with van der Waals surface area (Å²) < 4.78 is 4.87. The molecule has 2 nitrogen and oxygen atoms in total. The third-order valence-corrected chi connectivity index (χ3v) is 1.93. The Hall–Kier alpha value is -2.01. The molecule has 0 aliphatic heterocycles. The Kier molecular flexibility index (Phi) is 4.88. The van der Waals surface area contributed by atoms with Crippen molar-refractivity contribution in [1.82, 2.24) is 0 Å². The lowest BCUT2D eigenvalue weighted by Gasteiger charge is -2.04. The number of carbonyl (C=O) groups is 1. The van der Waals surface area contributed by atoms with Gasteiger partial charge in [0, 0.05) is 12.5 Å². The topological polar surface area (TPSA) is 26.3 Å². The van der Waals surface area contributed by atoms with Gasteiger partial charge in [-0.15, -0.1) is 6.58 Å². The second-order valence-corrected chi connectivity index (χ2v) is 3.28. The highest BCUT2D eigenvalue weighted by molar-refractivity contribution is 5.65. The smallest absolute Gasteiger partial charge is 0.302 e. The second-order valence-electron chi connectivity index (χ2n) is 3.28. The van der Waals surface area contributed by atoms with E-state index in [1.165, 1.54) is 6.92 Å². The molecule has 82 valence electrons. The minimum absolute atomic E-state index is 0.121. The summed E-state index contributed by atoms with van der Waals surface area (Å²) in [5.41, 5.74) is 0.942. The van der Waals surface area contributed by atoms with E-state index in [-0.39, 0.29) is 18.5 Å². The van der Waals surface area contributed by atoms with E-state index in [2.05, 4.69) is 18.4 Å². The molecular formula is C14H14O2. The van der Waals surface area contributed by atoms with E-state index in [4.69, 9.17) is 4.74 Å². The molecule has 2 heteroatoms. The van der Waals surface area contributed by atoms with Crippen molar-refractivity contribution in [3.63, 3.8) is 0 Å². The standard InChI is InChI=1S/C14H14O2/c1-3-13(11-16-12(2)15)9-10-14-7-5-4-6-8-14/h3-8,13H,1,11H2,2H3. The fourth-order valence-electron chi connectivity index (χ4n) is 1.07. The van der Waals surface area contributed by atoms with Crippen molar-refractivity contribution in [3.05, 3.63) is 48.6 Å². The Bertz CT molecular complexity index is 409. The maximum atomic E-state index is 10.6. The molecule has 0 N–H and O–H groups in total. The van der Waals surface area contributed by atoms with Gasteiger partial charge in [0.1, 0.15) is 6.61 Å². The average molecular weight is 214 g/mol. The first kappa shape index (κ1) is 12.1. The molecule has 1 atom stereocenters. The Morgan fingerprint density at radius 2 is 2.19 bits per heavy atom. The lowest BCUT2D eigenvalue weighted by molar-refractivity contribution is -0.141. The summed E-state index contributed by atoms with van der Waals surface area (Å²) in [5, 5.41) is 0. The van der Waals surface area contributed by atoms with Crippen LogP contribution in [0.25, 0.3) is 0 Å². The van der Waals surface area contributed by atoms with E-state index in [9.17, 15) is 4.79 Å². The Morgan fingerprint density at radius 1 is 1.50 bits per heavy atom. The van der Waals surface area contributed by atoms with Crippen molar-refractivity contribution in [2.24, 2.45) is 5.92 Å². The number of carbonyl (C=O) groups excluding carboxylic acids is 1. The molecule has 16 heavy (non-hydrogen) atoms. The van der Waals surface area contributed by atoms with Gasteiger partial charge in [0.05, 0.1) is 5.92 Å². The van der Waals surface area contributed by atoms with Crippen LogP contribution in [-0.4, -0.2) is 12.6 Å². The molecule has 0 amide bonds. The summed E-state index contributed by atoms with van der Waals surface area (Å²) in [5.74, 6) is 5.58. The third-order valence-electron chi connectivity index (χ3n) is 1.93. The fraction of sp³-hybridized carbons (Fsp3) is 0.214. The predicted octanol–water partition coefficient (Wildman–Crippen LogP) is 2.40. The van der Waals surface area contributed by atoms with Crippen LogP contribution in [0.5, 0.6) is 0 Å². The molecule has 0 radical (unpaired) electrons. The first-order chi connectivity index (χ1) is 7.72. The first-order valence-electron chi connectivity index (χ1n) is 5.05. The molecule has 0 aliphatic rings. The van der Waals surface area contributed by atoms with Gasteiger partial charge < -0.3 is 4.74 Å². The number of rotatable bonds is 3. The highest BCUT2D eigenvalue weighted by Crippen LogP contribution is 2.00. The van der Waals surface area contributed by atoms with Gasteiger partial charge >= 0.3 is 5.97 Å². The number of hydrogen-bond acceptors (Lipinski definition) is 2. The summed E-state index contributed by atoms with van der Waals surface area (Å²) in [7, 11) is 0. The van der Waals surface area contributed by atoms with Crippen molar-refractivity contribution in [2.45, 2.75) is 6.92 Å². The van der Waals surface area contributed by atoms with E-state index in [1.54, 1.807) is 6.08 Å². The van der Waals surface area contributed by atoms with Crippen molar-refractivity contribution in [3.8, 4) is 11.8 Å². The second kappa shape index (κ2) is 6.47. The van der Waals surface area contributed by atoms with E-state index in [1.807, 2.05) is 30.3 Å². The lowest BCUT2D eigenvalue weighted by atomic mass is 10.1. The lowest BCUT2D eigenvalue weighted by Crippen LogP contribution is -2.08. The molecule has 1 unspecified atom stereocenters. The van der Waals surface area contributed by atoms with Gasteiger partial charge in [0.25, 0.3) is 0 Å². The zero-order valence-electron chi connectivity index (χ0n) is 9.27. The molecule has 1 aromatic rings. The monoisotopic (exact) mass is 214 g/mol. The summed E-state index contributed by atoms with van der Waals surface area (Å²) in [6.07, 6.45) is 1.68. The number of ether oxygens (including phenoxy) is 1. The largest absolute Gasteiger partial charge is 0.464 e. The van der Waals surface area contributed by atoms with Crippen LogP contribution in [0.1, 0.15) is 12.5 Å². The first-order valence-corrected chi connectivity index (χ1v) is 5.05. The van der Waals surface area contributed by atoms with Crippen LogP contribution in [-0.2, 0) is 9.53 Å². The summed E-state index contributed by atoms with van der Waals surface area (Å²) >= 11 is 0. The molecule has 0 saturated carbocycles. The summed E-state index contributed by atoms with van der Waals surface area (Å²) in [6, 6.07) is 9.66. The number of benzene rings is 1. The molecule has 0 saturated heterocycles. The van der Waals surface area contributed by atoms with Gasteiger partial charge in [-0.3, -0.25) is 4.79 Å². The normalized spacial score (nSPS) is 10.8. The Balaban J connectivity index is 2.60. The molecule has 0 aliphatic carbocycles. The van der Waals surface area contributed by atoms with Crippen LogP contribution in [0, 0.1) is 17.8 Å². The van der Waals surface area contributed by atoms with Gasteiger partial charge in [-0.2, -0.15) is 0 Å². The van der Waals surface area contributed by atoms with Crippen molar-refractivity contribution in [2.75, 3.05) is 6.61 Å². The van der Waals surface area contributed by atoms with Crippen LogP contribution >= 0.6 is 0 Å². The van der Waals surface area contributed by atoms with Crippen molar-refractivity contribution in [1.29, 1.82) is 0 Å². The number of hydrogen-bond donors (Lipinski definition) is 0. The van der Waals surface area contributed by atoms with E-state index >= 15 is 0 Å². The number of esters is 1. The molecule has 0 aromatic heterocycles. The summed E-state index contributed by atoms with van der Waals surface area (Å²) in [6.45, 7) is 5.30. The predicted molar refractivity (Wildman–Crippen MR) is 63.6 cm³/mol. The molecule has 1 aromatic carbocycles.